The van der Waals surface area contributed by atoms with Crippen molar-refractivity contribution in [2.75, 3.05) is 5.32 Å². The Hall–Kier alpha value is -2.16. The molecule has 0 aliphatic heterocycles. The van der Waals surface area contributed by atoms with Gasteiger partial charge in [-0.15, -0.1) is 10.2 Å². The molecule has 7 heteroatoms. The molecule has 0 saturated carbocycles. The lowest BCUT2D eigenvalue weighted by atomic mass is 10.2. The summed E-state index contributed by atoms with van der Waals surface area (Å²) in [5, 5.41) is 18.6. The summed E-state index contributed by atoms with van der Waals surface area (Å²) in [7, 11) is 0. The molecule has 1 aromatic carbocycles. The third-order valence-corrected chi connectivity index (χ3v) is 2.72. The average molecular weight is 293 g/mol. The van der Waals surface area contributed by atoms with Gasteiger partial charge in [0.15, 0.2) is 10.3 Å². The highest BCUT2D eigenvalue weighted by molar-refractivity contribution is 6.34. The Morgan fingerprint density at radius 3 is 2.74 bits per heavy atom. The topological polar surface area (TPSA) is 78.7 Å². The van der Waals surface area contributed by atoms with E-state index in [0.717, 1.165) is 0 Å². The number of amides is 1. The summed E-state index contributed by atoms with van der Waals surface area (Å²) in [5.74, 6) is -0.510. The van der Waals surface area contributed by atoms with E-state index in [1.165, 1.54) is 6.07 Å². The molecule has 1 amide bonds. The molecule has 0 unspecified atom stereocenters. The van der Waals surface area contributed by atoms with E-state index in [1.807, 2.05) is 6.07 Å². The summed E-state index contributed by atoms with van der Waals surface area (Å²) in [6, 6.07) is 9.89. The number of carbonyl (C=O) groups excluding carboxylic acids is 1. The van der Waals surface area contributed by atoms with Crippen LogP contribution in [0.5, 0.6) is 0 Å². The number of nitrogens with one attached hydrogen (secondary N) is 1. The van der Waals surface area contributed by atoms with Gasteiger partial charge in [-0.2, -0.15) is 5.26 Å². The van der Waals surface area contributed by atoms with E-state index in [0.29, 0.717) is 11.3 Å². The zero-order chi connectivity index (χ0) is 13.8. The summed E-state index contributed by atoms with van der Waals surface area (Å²) in [5.41, 5.74) is 0.827. The molecular weight excluding hydrogens is 287 g/mol. The molecule has 0 aliphatic rings. The standard InChI is InChI=1S/C12H6Cl2N4O/c13-10-5-8(11(14)18-17-10)12(19)16-9-4-2-1-3-7(9)6-15/h1-5H,(H,16,19). The first-order valence-corrected chi connectivity index (χ1v) is 5.86. The van der Waals surface area contributed by atoms with E-state index >= 15 is 0 Å². The van der Waals surface area contributed by atoms with Crippen molar-refractivity contribution in [1.82, 2.24) is 10.2 Å². The third kappa shape index (κ3) is 2.99. The van der Waals surface area contributed by atoms with E-state index in [-0.39, 0.29) is 15.9 Å². The number of carbonyl (C=O) groups is 1. The van der Waals surface area contributed by atoms with Crippen molar-refractivity contribution >= 4 is 34.8 Å². The Balaban J connectivity index is 2.31. The van der Waals surface area contributed by atoms with Crippen LogP contribution in [0.25, 0.3) is 0 Å². The van der Waals surface area contributed by atoms with Crippen LogP contribution < -0.4 is 5.32 Å². The van der Waals surface area contributed by atoms with Gasteiger partial charge in [0.25, 0.3) is 5.91 Å². The number of nitriles is 1. The summed E-state index contributed by atoms with van der Waals surface area (Å²) in [6.45, 7) is 0. The fourth-order valence-corrected chi connectivity index (χ4v) is 1.72. The normalized spacial score (nSPS) is 9.74. The first-order valence-electron chi connectivity index (χ1n) is 5.11. The number of halogens is 2. The van der Waals surface area contributed by atoms with E-state index in [1.54, 1.807) is 24.3 Å². The molecule has 0 aliphatic carbocycles. The SMILES string of the molecule is N#Cc1ccccc1NC(=O)c1cc(Cl)nnc1Cl. The van der Waals surface area contributed by atoms with Crippen molar-refractivity contribution in [2.45, 2.75) is 0 Å². The van der Waals surface area contributed by atoms with Crippen molar-refractivity contribution in [3.8, 4) is 6.07 Å². The molecule has 1 aromatic heterocycles. The molecule has 1 heterocycles. The number of anilines is 1. The lowest BCUT2D eigenvalue weighted by molar-refractivity contribution is 0.102. The van der Waals surface area contributed by atoms with Crippen LogP contribution in [0.15, 0.2) is 30.3 Å². The van der Waals surface area contributed by atoms with Gasteiger partial charge in [-0.25, -0.2) is 0 Å². The molecule has 0 saturated heterocycles. The largest absolute Gasteiger partial charge is 0.321 e. The van der Waals surface area contributed by atoms with Crippen LogP contribution in [-0.2, 0) is 0 Å². The van der Waals surface area contributed by atoms with Crippen molar-refractivity contribution in [2.24, 2.45) is 0 Å². The van der Waals surface area contributed by atoms with E-state index < -0.39 is 5.91 Å². The average Bonchev–Trinajstić information content (AvgIpc) is 2.42. The highest BCUT2D eigenvalue weighted by Crippen LogP contribution is 2.19. The second kappa shape index (κ2) is 5.65. The van der Waals surface area contributed by atoms with Crippen LogP contribution >= 0.6 is 23.2 Å². The van der Waals surface area contributed by atoms with Gasteiger partial charge in [0, 0.05) is 0 Å². The van der Waals surface area contributed by atoms with Gasteiger partial charge in [0.2, 0.25) is 0 Å². The molecule has 5 nitrogen and oxygen atoms in total. The fraction of sp³-hybridized carbons (Fsp3) is 0. The number of hydrogen-bond acceptors (Lipinski definition) is 4. The zero-order valence-corrected chi connectivity index (χ0v) is 10.9. The monoisotopic (exact) mass is 292 g/mol. The van der Waals surface area contributed by atoms with Crippen molar-refractivity contribution < 1.29 is 4.79 Å². The maximum Gasteiger partial charge on any atom is 0.259 e. The molecule has 0 radical (unpaired) electrons. The van der Waals surface area contributed by atoms with Crippen molar-refractivity contribution in [3.05, 3.63) is 51.8 Å². The Bertz CT molecular complexity index is 682. The molecule has 0 atom stereocenters. The van der Waals surface area contributed by atoms with Gasteiger partial charge < -0.3 is 5.32 Å². The molecule has 0 spiro atoms. The van der Waals surface area contributed by atoms with E-state index in [9.17, 15) is 4.79 Å². The van der Waals surface area contributed by atoms with Gasteiger partial charge in [-0.3, -0.25) is 4.79 Å². The Labute approximate surface area is 118 Å². The van der Waals surface area contributed by atoms with Crippen LogP contribution in [-0.4, -0.2) is 16.1 Å². The molecule has 94 valence electrons. The smallest absolute Gasteiger partial charge is 0.259 e. The Morgan fingerprint density at radius 1 is 1.26 bits per heavy atom. The zero-order valence-electron chi connectivity index (χ0n) is 9.39. The first-order chi connectivity index (χ1) is 9.11. The van der Waals surface area contributed by atoms with Gasteiger partial charge in [0.1, 0.15) is 6.07 Å². The molecule has 0 bridgehead atoms. The third-order valence-electron chi connectivity index (χ3n) is 2.26. The number of aromatic nitrogens is 2. The summed E-state index contributed by atoms with van der Waals surface area (Å²) in [4.78, 5) is 12.0. The summed E-state index contributed by atoms with van der Waals surface area (Å²) < 4.78 is 0. The van der Waals surface area contributed by atoms with Crippen molar-refractivity contribution in [3.63, 3.8) is 0 Å². The fourth-order valence-electron chi connectivity index (χ4n) is 1.39. The minimum Gasteiger partial charge on any atom is -0.321 e. The van der Waals surface area contributed by atoms with Crippen LogP contribution in [0.4, 0.5) is 5.69 Å². The number of rotatable bonds is 2. The Kier molecular flexibility index (Phi) is 3.95. The maximum atomic E-state index is 12.0. The van der Waals surface area contributed by atoms with E-state index in [2.05, 4.69) is 15.5 Å². The highest BCUT2D eigenvalue weighted by Gasteiger charge is 2.14. The van der Waals surface area contributed by atoms with Gasteiger partial charge >= 0.3 is 0 Å². The lowest BCUT2D eigenvalue weighted by Crippen LogP contribution is -2.14. The second-order valence-corrected chi connectivity index (χ2v) is 4.23. The van der Waals surface area contributed by atoms with Crippen LogP contribution in [0.2, 0.25) is 10.3 Å². The number of benzene rings is 1. The lowest BCUT2D eigenvalue weighted by Gasteiger charge is -2.07. The minimum atomic E-state index is -0.510. The van der Waals surface area contributed by atoms with Crippen molar-refractivity contribution in [1.29, 1.82) is 5.26 Å². The van der Waals surface area contributed by atoms with Crippen LogP contribution in [0.1, 0.15) is 15.9 Å². The number of nitrogens with zero attached hydrogens (tertiary/aromatic N) is 3. The number of para-hydroxylation sites is 1. The summed E-state index contributed by atoms with van der Waals surface area (Å²) >= 11 is 11.4. The molecule has 19 heavy (non-hydrogen) atoms. The Morgan fingerprint density at radius 2 is 2.00 bits per heavy atom. The van der Waals surface area contributed by atoms with Crippen LogP contribution in [0.3, 0.4) is 0 Å². The molecular formula is C12H6Cl2N4O. The highest BCUT2D eigenvalue weighted by atomic mass is 35.5. The molecule has 2 aromatic rings. The molecule has 1 N–H and O–H groups in total. The first kappa shape index (κ1) is 13.3. The van der Waals surface area contributed by atoms with Gasteiger partial charge in [0.05, 0.1) is 16.8 Å². The number of hydrogen-bond donors (Lipinski definition) is 1. The minimum absolute atomic E-state index is 0.0584. The quantitative estimate of drug-likeness (QED) is 0.923. The van der Waals surface area contributed by atoms with Gasteiger partial charge in [-0.05, 0) is 18.2 Å². The predicted octanol–water partition coefficient (Wildman–Crippen LogP) is 2.91. The van der Waals surface area contributed by atoms with Gasteiger partial charge in [-0.1, -0.05) is 35.3 Å². The van der Waals surface area contributed by atoms with E-state index in [4.69, 9.17) is 28.5 Å². The molecule has 2 rings (SSSR count). The predicted molar refractivity (Wildman–Crippen MR) is 71.2 cm³/mol. The molecule has 0 fully saturated rings. The summed E-state index contributed by atoms with van der Waals surface area (Å²) in [6.07, 6.45) is 0. The maximum absolute atomic E-state index is 12.0. The van der Waals surface area contributed by atoms with Crippen LogP contribution in [0, 0.1) is 11.3 Å². The second-order valence-electron chi connectivity index (χ2n) is 3.48.